The topological polar surface area (TPSA) is 44.8 Å². The van der Waals surface area contributed by atoms with Gasteiger partial charge >= 0.3 is 5.97 Å². The maximum absolute atomic E-state index is 11.7. The number of carbonyl (C=O) groups excluding carboxylic acids is 1. The van der Waals surface area contributed by atoms with E-state index in [-0.39, 0.29) is 5.97 Å². The van der Waals surface area contributed by atoms with Gasteiger partial charge in [0.05, 0.1) is 26.7 Å². The van der Waals surface area contributed by atoms with E-state index in [1.807, 2.05) is 32.0 Å². The molecule has 0 aliphatic heterocycles. The van der Waals surface area contributed by atoms with Crippen molar-refractivity contribution in [3.8, 4) is 11.5 Å². The van der Waals surface area contributed by atoms with Gasteiger partial charge in [-0.3, -0.25) is 4.79 Å². The van der Waals surface area contributed by atoms with E-state index >= 15 is 0 Å². The van der Waals surface area contributed by atoms with Crippen molar-refractivity contribution < 1.29 is 19.0 Å². The monoisotopic (exact) mass is 252 g/mol. The van der Waals surface area contributed by atoms with Crippen molar-refractivity contribution in [1.29, 1.82) is 0 Å². The van der Waals surface area contributed by atoms with Crippen molar-refractivity contribution in [3.63, 3.8) is 0 Å². The van der Waals surface area contributed by atoms with Crippen molar-refractivity contribution in [2.45, 2.75) is 20.3 Å². The Kier molecular flexibility index (Phi) is 4.59. The highest BCUT2D eigenvalue weighted by Gasteiger charge is 2.30. The zero-order chi connectivity index (χ0) is 13.8. The fraction of sp³-hybridized carbons (Fsp3) is 0.500. The molecule has 0 radical (unpaired) electrons. The first-order valence-electron chi connectivity index (χ1n) is 5.74. The van der Waals surface area contributed by atoms with E-state index in [9.17, 15) is 4.79 Å². The first-order valence-corrected chi connectivity index (χ1v) is 5.74. The summed E-state index contributed by atoms with van der Waals surface area (Å²) >= 11 is 0. The predicted octanol–water partition coefficient (Wildman–Crippen LogP) is 2.45. The number of benzene rings is 1. The van der Waals surface area contributed by atoms with Crippen molar-refractivity contribution in [3.05, 3.63) is 23.8 Å². The van der Waals surface area contributed by atoms with Crippen LogP contribution in [0.5, 0.6) is 11.5 Å². The third-order valence-electron chi connectivity index (χ3n) is 2.86. The van der Waals surface area contributed by atoms with Crippen LogP contribution in [0.4, 0.5) is 0 Å². The van der Waals surface area contributed by atoms with Gasteiger partial charge in [0, 0.05) is 6.07 Å². The molecule has 4 heteroatoms. The molecule has 0 aromatic heterocycles. The Bertz CT molecular complexity index is 424. The molecule has 0 aliphatic carbocycles. The van der Waals surface area contributed by atoms with E-state index in [2.05, 4.69) is 0 Å². The van der Waals surface area contributed by atoms with E-state index < -0.39 is 5.41 Å². The lowest BCUT2D eigenvalue weighted by Crippen LogP contribution is -2.28. The van der Waals surface area contributed by atoms with E-state index in [1.54, 1.807) is 14.2 Å². The lowest BCUT2D eigenvalue weighted by Gasteiger charge is -2.22. The van der Waals surface area contributed by atoms with Crippen LogP contribution in [-0.4, -0.2) is 27.3 Å². The van der Waals surface area contributed by atoms with Gasteiger partial charge in [-0.2, -0.15) is 0 Å². The molecule has 0 spiro atoms. The van der Waals surface area contributed by atoms with Crippen molar-refractivity contribution in [2.24, 2.45) is 5.41 Å². The fourth-order valence-corrected chi connectivity index (χ4v) is 1.82. The van der Waals surface area contributed by atoms with Gasteiger partial charge in [0.15, 0.2) is 0 Å². The van der Waals surface area contributed by atoms with Crippen LogP contribution in [-0.2, 0) is 16.0 Å². The number of hydrogen-bond donors (Lipinski definition) is 0. The summed E-state index contributed by atoms with van der Waals surface area (Å²) in [7, 11) is 4.60. The Labute approximate surface area is 108 Å². The Morgan fingerprint density at radius 2 is 1.83 bits per heavy atom. The van der Waals surface area contributed by atoms with Gasteiger partial charge in [-0.25, -0.2) is 0 Å². The summed E-state index contributed by atoms with van der Waals surface area (Å²) in [5.74, 6) is 1.21. The number of carbonyl (C=O) groups is 1. The highest BCUT2D eigenvalue weighted by Crippen LogP contribution is 2.31. The minimum absolute atomic E-state index is 0.236. The number of esters is 1. The average molecular weight is 252 g/mol. The average Bonchev–Trinajstić information content (AvgIpc) is 2.37. The lowest BCUT2D eigenvalue weighted by molar-refractivity contribution is -0.150. The van der Waals surface area contributed by atoms with Crippen molar-refractivity contribution in [2.75, 3.05) is 21.3 Å². The van der Waals surface area contributed by atoms with Gasteiger partial charge in [-0.05, 0) is 31.9 Å². The maximum atomic E-state index is 11.7. The SMILES string of the molecule is COC(=O)C(C)(C)Cc1ccc(OC)cc1OC. The molecule has 0 saturated carbocycles. The smallest absolute Gasteiger partial charge is 0.311 e. The van der Waals surface area contributed by atoms with Crippen LogP contribution < -0.4 is 9.47 Å². The molecule has 100 valence electrons. The molecule has 0 fully saturated rings. The van der Waals surface area contributed by atoms with Crippen LogP contribution in [0.25, 0.3) is 0 Å². The molecular formula is C14H20O4. The predicted molar refractivity (Wildman–Crippen MR) is 69.0 cm³/mol. The van der Waals surface area contributed by atoms with E-state index in [0.29, 0.717) is 12.2 Å². The molecule has 1 rings (SSSR count). The molecule has 4 nitrogen and oxygen atoms in total. The first-order chi connectivity index (χ1) is 8.44. The van der Waals surface area contributed by atoms with Gasteiger partial charge in [0.25, 0.3) is 0 Å². The van der Waals surface area contributed by atoms with Crippen LogP contribution >= 0.6 is 0 Å². The molecule has 0 heterocycles. The van der Waals surface area contributed by atoms with Crippen LogP contribution in [0.15, 0.2) is 18.2 Å². The summed E-state index contributed by atoms with van der Waals surface area (Å²) in [4.78, 5) is 11.7. The second-order valence-electron chi connectivity index (χ2n) is 4.73. The van der Waals surface area contributed by atoms with Crippen molar-refractivity contribution >= 4 is 5.97 Å². The molecule has 0 amide bonds. The first kappa shape index (κ1) is 14.4. The summed E-state index contributed by atoms with van der Waals surface area (Å²) in [6.07, 6.45) is 0.548. The molecule has 1 aromatic rings. The fourth-order valence-electron chi connectivity index (χ4n) is 1.82. The second kappa shape index (κ2) is 5.76. The van der Waals surface area contributed by atoms with Crippen LogP contribution in [0.1, 0.15) is 19.4 Å². The van der Waals surface area contributed by atoms with E-state index in [4.69, 9.17) is 14.2 Å². The lowest BCUT2D eigenvalue weighted by atomic mass is 9.85. The summed E-state index contributed by atoms with van der Waals surface area (Å²) in [5, 5.41) is 0. The molecule has 0 saturated heterocycles. The molecular weight excluding hydrogens is 232 g/mol. The maximum Gasteiger partial charge on any atom is 0.311 e. The highest BCUT2D eigenvalue weighted by atomic mass is 16.5. The zero-order valence-corrected chi connectivity index (χ0v) is 11.6. The number of hydrogen-bond acceptors (Lipinski definition) is 4. The number of ether oxygens (including phenoxy) is 3. The van der Waals surface area contributed by atoms with Gasteiger partial charge < -0.3 is 14.2 Å². The second-order valence-corrected chi connectivity index (χ2v) is 4.73. The number of rotatable bonds is 5. The molecule has 0 bridgehead atoms. The summed E-state index contributed by atoms with van der Waals surface area (Å²) in [6, 6.07) is 5.57. The third kappa shape index (κ3) is 3.15. The molecule has 0 N–H and O–H groups in total. The minimum Gasteiger partial charge on any atom is -0.497 e. The third-order valence-corrected chi connectivity index (χ3v) is 2.86. The van der Waals surface area contributed by atoms with Gasteiger partial charge in [0.2, 0.25) is 0 Å². The van der Waals surface area contributed by atoms with Crippen LogP contribution in [0.3, 0.4) is 0 Å². The van der Waals surface area contributed by atoms with E-state index in [0.717, 1.165) is 11.3 Å². The number of methoxy groups -OCH3 is 3. The molecule has 1 aromatic carbocycles. The quantitative estimate of drug-likeness (QED) is 0.755. The largest absolute Gasteiger partial charge is 0.497 e. The Morgan fingerprint density at radius 1 is 1.17 bits per heavy atom. The van der Waals surface area contributed by atoms with E-state index in [1.165, 1.54) is 7.11 Å². The standard InChI is InChI=1S/C14H20O4/c1-14(2,13(15)18-5)9-10-6-7-11(16-3)8-12(10)17-4/h6-8H,9H2,1-5H3. The van der Waals surface area contributed by atoms with Crippen LogP contribution in [0, 0.1) is 5.41 Å². The summed E-state index contributed by atoms with van der Waals surface area (Å²) < 4.78 is 15.3. The molecule has 0 aliphatic rings. The minimum atomic E-state index is -0.587. The van der Waals surface area contributed by atoms with Gasteiger partial charge in [0.1, 0.15) is 11.5 Å². The Morgan fingerprint density at radius 3 is 2.33 bits per heavy atom. The van der Waals surface area contributed by atoms with Crippen molar-refractivity contribution in [1.82, 2.24) is 0 Å². The highest BCUT2D eigenvalue weighted by molar-refractivity contribution is 5.76. The van der Waals surface area contributed by atoms with Crippen LogP contribution in [0.2, 0.25) is 0 Å². The molecule has 0 unspecified atom stereocenters. The summed E-state index contributed by atoms with van der Waals surface area (Å²) in [6.45, 7) is 3.70. The Hall–Kier alpha value is -1.71. The molecule has 18 heavy (non-hydrogen) atoms. The Balaban J connectivity index is 3.00. The molecule has 0 atom stereocenters. The normalized spacial score (nSPS) is 10.9. The zero-order valence-electron chi connectivity index (χ0n) is 11.6. The van der Waals surface area contributed by atoms with Gasteiger partial charge in [-0.1, -0.05) is 6.07 Å². The summed E-state index contributed by atoms with van der Waals surface area (Å²) in [5.41, 5.74) is 0.366. The van der Waals surface area contributed by atoms with Gasteiger partial charge in [-0.15, -0.1) is 0 Å².